The van der Waals surface area contributed by atoms with Gasteiger partial charge in [0.25, 0.3) is 0 Å². The van der Waals surface area contributed by atoms with Crippen molar-refractivity contribution in [1.82, 2.24) is 4.72 Å². The van der Waals surface area contributed by atoms with Gasteiger partial charge < -0.3 is 4.74 Å². The van der Waals surface area contributed by atoms with Crippen LogP contribution < -0.4 is 4.72 Å². The molecular weight excluding hydrogens is 226 g/mol. The highest BCUT2D eigenvalue weighted by Crippen LogP contribution is 1.99. The van der Waals surface area contributed by atoms with Crippen LogP contribution in [0.25, 0.3) is 0 Å². The zero-order valence-electron chi connectivity index (χ0n) is 8.62. The molecule has 0 fully saturated rings. The second kappa shape index (κ2) is 7.45. The van der Waals surface area contributed by atoms with Gasteiger partial charge in [-0.25, -0.2) is 13.1 Å². The van der Waals surface area contributed by atoms with Crippen molar-refractivity contribution in [2.45, 2.75) is 25.8 Å². The normalized spacial score (nSPS) is 14.2. The predicted molar refractivity (Wildman–Crippen MR) is 58.2 cm³/mol. The van der Waals surface area contributed by atoms with Crippen LogP contribution in [0.15, 0.2) is 0 Å². The Kier molecular flexibility index (Phi) is 7.54. The number of alkyl halides is 1. The lowest BCUT2D eigenvalue weighted by atomic mass is 10.3. The maximum atomic E-state index is 11.4. The van der Waals surface area contributed by atoms with E-state index >= 15 is 0 Å². The molecule has 0 heterocycles. The van der Waals surface area contributed by atoms with Gasteiger partial charge in [0.2, 0.25) is 10.0 Å². The van der Waals surface area contributed by atoms with Gasteiger partial charge in [-0.3, -0.25) is 0 Å². The van der Waals surface area contributed by atoms with Gasteiger partial charge in [0.15, 0.2) is 0 Å². The van der Waals surface area contributed by atoms with Crippen molar-refractivity contribution in [2.24, 2.45) is 0 Å². The van der Waals surface area contributed by atoms with E-state index in [0.717, 1.165) is 0 Å². The van der Waals surface area contributed by atoms with E-state index in [1.165, 1.54) is 7.11 Å². The number of ether oxygens (including phenoxy) is 1. The zero-order chi connectivity index (χ0) is 11.0. The molecule has 14 heavy (non-hydrogen) atoms. The van der Waals surface area contributed by atoms with Crippen molar-refractivity contribution >= 4 is 21.6 Å². The van der Waals surface area contributed by atoms with Gasteiger partial charge in [-0.15, -0.1) is 11.6 Å². The van der Waals surface area contributed by atoms with Gasteiger partial charge in [-0.05, 0) is 12.8 Å². The van der Waals surface area contributed by atoms with Gasteiger partial charge >= 0.3 is 0 Å². The Balaban J connectivity index is 4.13. The highest BCUT2D eigenvalue weighted by Gasteiger charge is 2.16. The first-order valence-electron chi connectivity index (χ1n) is 4.60. The zero-order valence-corrected chi connectivity index (χ0v) is 10.2. The molecule has 1 N–H and O–H groups in total. The molecule has 0 radical (unpaired) electrons. The average molecular weight is 244 g/mol. The van der Waals surface area contributed by atoms with Gasteiger partial charge in [0.05, 0.1) is 12.4 Å². The summed E-state index contributed by atoms with van der Waals surface area (Å²) in [6.07, 6.45) is 1.19. The van der Waals surface area contributed by atoms with Gasteiger partial charge in [-0.2, -0.15) is 0 Å². The van der Waals surface area contributed by atoms with Crippen molar-refractivity contribution in [2.75, 3.05) is 25.3 Å². The quantitative estimate of drug-likeness (QED) is 0.646. The number of rotatable bonds is 8. The monoisotopic (exact) mass is 243 g/mol. The van der Waals surface area contributed by atoms with E-state index in [-0.39, 0.29) is 11.8 Å². The summed E-state index contributed by atoms with van der Waals surface area (Å²) in [5.74, 6) is 0.568. The Morgan fingerprint density at radius 3 is 2.57 bits per heavy atom. The smallest absolute Gasteiger partial charge is 0.211 e. The molecule has 0 aromatic carbocycles. The summed E-state index contributed by atoms with van der Waals surface area (Å²) in [5, 5.41) is 0. The maximum Gasteiger partial charge on any atom is 0.211 e. The minimum atomic E-state index is -3.16. The SMILES string of the molecule is CCCS(=O)(=O)NC(CCCl)COC. The highest BCUT2D eigenvalue weighted by molar-refractivity contribution is 7.89. The van der Waals surface area contributed by atoms with Crippen LogP contribution in [0.3, 0.4) is 0 Å². The molecule has 0 saturated carbocycles. The van der Waals surface area contributed by atoms with Crippen molar-refractivity contribution in [3.05, 3.63) is 0 Å². The van der Waals surface area contributed by atoms with Crippen LogP contribution in [-0.4, -0.2) is 39.8 Å². The van der Waals surface area contributed by atoms with Crippen molar-refractivity contribution < 1.29 is 13.2 Å². The van der Waals surface area contributed by atoms with Crippen LogP contribution in [0.1, 0.15) is 19.8 Å². The van der Waals surface area contributed by atoms with E-state index in [2.05, 4.69) is 4.72 Å². The Hall–Kier alpha value is 0.160. The lowest BCUT2D eigenvalue weighted by Crippen LogP contribution is -2.39. The molecule has 0 spiro atoms. The maximum absolute atomic E-state index is 11.4. The van der Waals surface area contributed by atoms with E-state index in [4.69, 9.17) is 16.3 Å². The minimum absolute atomic E-state index is 0.148. The van der Waals surface area contributed by atoms with E-state index in [0.29, 0.717) is 25.3 Å². The Bertz CT molecular complexity index is 225. The lowest BCUT2D eigenvalue weighted by Gasteiger charge is -2.16. The molecule has 0 aromatic heterocycles. The number of methoxy groups -OCH3 is 1. The summed E-state index contributed by atoms with van der Waals surface area (Å²) in [6.45, 7) is 2.18. The molecule has 0 saturated heterocycles. The molecule has 0 aliphatic heterocycles. The summed E-state index contributed by atoms with van der Waals surface area (Å²) in [6, 6.07) is -0.214. The third-order valence-electron chi connectivity index (χ3n) is 1.64. The number of hydrogen-bond donors (Lipinski definition) is 1. The molecule has 1 unspecified atom stereocenters. The van der Waals surface area contributed by atoms with Gasteiger partial charge in [-0.1, -0.05) is 6.92 Å². The molecule has 1 atom stereocenters. The number of hydrogen-bond acceptors (Lipinski definition) is 3. The van der Waals surface area contributed by atoms with Crippen LogP contribution in [0.2, 0.25) is 0 Å². The van der Waals surface area contributed by atoms with E-state index < -0.39 is 10.0 Å². The van der Waals surface area contributed by atoms with Crippen LogP contribution in [0.4, 0.5) is 0 Å². The first kappa shape index (κ1) is 14.2. The lowest BCUT2D eigenvalue weighted by molar-refractivity contribution is 0.173. The van der Waals surface area contributed by atoms with Gasteiger partial charge in [0, 0.05) is 19.0 Å². The Morgan fingerprint density at radius 2 is 2.14 bits per heavy atom. The number of halogens is 1. The largest absolute Gasteiger partial charge is 0.383 e. The summed E-state index contributed by atoms with van der Waals surface area (Å²) in [7, 11) is -1.63. The number of sulfonamides is 1. The second-order valence-corrected chi connectivity index (χ2v) is 5.32. The molecule has 86 valence electrons. The van der Waals surface area contributed by atoms with Crippen LogP contribution in [-0.2, 0) is 14.8 Å². The molecule has 0 rings (SSSR count). The molecule has 4 nitrogen and oxygen atoms in total. The first-order valence-corrected chi connectivity index (χ1v) is 6.79. The van der Waals surface area contributed by atoms with Gasteiger partial charge in [0.1, 0.15) is 0 Å². The fourth-order valence-electron chi connectivity index (χ4n) is 1.09. The summed E-state index contributed by atoms with van der Waals surface area (Å²) < 4.78 is 30.2. The summed E-state index contributed by atoms with van der Waals surface area (Å²) in [5.41, 5.74) is 0. The molecule has 0 aromatic rings. The standard InChI is InChI=1S/C8H18ClNO3S/c1-3-6-14(11,12)10-8(4-5-9)7-13-2/h8,10H,3-7H2,1-2H3. The summed E-state index contributed by atoms with van der Waals surface area (Å²) >= 11 is 5.55. The minimum Gasteiger partial charge on any atom is -0.383 e. The third-order valence-corrected chi connectivity index (χ3v) is 3.50. The molecule has 6 heteroatoms. The topological polar surface area (TPSA) is 55.4 Å². The Labute approximate surface area is 91.0 Å². The second-order valence-electron chi connectivity index (χ2n) is 3.07. The van der Waals surface area contributed by atoms with E-state index in [1.54, 1.807) is 0 Å². The van der Waals surface area contributed by atoms with E-state index in [9.17, 15) is 8.42 Å². The molecule has 0 aliphatic carbocycles. The highest BCUT2D eigenvalue weighted by atomic mass is 35.5. The number of nitrogens with one attached hydrogen (secondary N) is 1. The van der Waals surface area contributed by atoms with Crippen LogP contribution >= 0.6 is 11.6 Å². The third kappa shape index (κ3) is 6.59. The molecule has 0 amide bonds. The molecular formula is C8H18ClNO3S. The fraction of sp³-hybridized carbons (Fsp3) is 1.00. The Morgan fingerprint density at radius 1 is 1.50 bits per heavy atom. The van der Waals surface area contributed by atoms with Crippen LogP contribution in [0, 0.1) is 0 Å². The molecule has 0 aliphatic rings. The predicted octanol–water partition coefficient (Wildman–Crippen LogP) is 0.960. The van der Waals surface area contributed by atoms with Crippen molar-refractivity contribution in [1.29, 1.82) is 0 Å². The first-order chi connectivity index (χ1) is 6.55. The van der Waals surface area contributed by atoms with E-state index in [1.807, 2.05) is 6.92 Å². The molecule has 0 bridgehead atoms. The summed E-state index contributed by atoms with van der Waals surface area (Å²) in [4.78, 5) is 0. The van der Waals surface area contributed by atoms with Crippen molar-refractivity contribution in [3.8, 4) is 0 Å². The van der Waals surface area contributed by atoms with Crippen LogP contribution in [0.5, 0.6) is 0 Å². The average Bonchev–Trinajstić information content (AvgIpc) is 2.03. The fourth-order valence-corrected chi connectivity index (χ4v) is 2.70. The van der Waals surface area contributed by atoms with Crippen molar-refractivity contribution in [3.63, 3.8) is 0 Å².